The molecule has 1 atom stereocenters. The molecule has 3 rings (SSSR count). The van der Waals surface area contributed by atoms with Crippen LogP contribution in [0.25, 0.3) is 0 Å². The third-order valence-electron chi connectivity index (χ3n) is 5.55. The van der Waals surface area contributed by atoms with E-state index >= 15 is 0 Å². The molecule has 1 fully saturated rings. The Kier molecular flexibility index (Phi) is 4.63. The number of fused-ring (bicyclic) bond motifs is 1. The van der Waals surface area contributed by atoms with E-state index in [0.29, 0.717) is 17.4 Å². The standard InChI is InChI=1S/C19H26N2O3/c1-13(2)6-9-21-10-8-19(18(21)23)7-5-14-11-15(17(22)20-24)3-4-16(14)12-19/h3-4,11,13,24H,5-10,12H2,1-2H3,(H,20,22). The molecular formula is C19H26N2O3. The van der Waals surface area contributed by atoms with Crippen molar-refractivity contribution in [1.29, 1.82) is 0 Å². The fourth-order valence-electron chi connectivity index (χ4n) is 3.98. The van der Waals surface area contributed by atoms with Gasteiger partial charge in [0.15, 0.2) is 0 Å². The van der Waals surface area contributed by atoms with Crippen molar-refractivity contribution in [3.05, 3.63) is 34.9 Å². The minimum atomic E-state index is -0.491. The van der Waals surface area contributed by atoms with Gasteiger partial charge in [-0.15, -0.1) is 0 Å². The largest absolute Gasteiger partial charge is 0.342 e. The van der Waals surface area contributed by atoms with Gasteiger partial charge in [0.25, 0.3) is 5.91 Å². The van der Waals surface area contributed by atoms with Crippen molar-refractivity contribution in [3.8, 4) is 0 Å². The quantitative estimate of drug-likeness (QED) is 0.658. The molecule has 0 bridgehead atoms. The molecule has 0 saturated carbocycles. The number of hydrogen-bond donors (Lipinski definition) is 2. The summed E-state index contributed by atoms with van der Waals surface area (Å²) in [5, 5.41) is 8.76. The number of benzene rings is 1. The minimum Gasteiger partial charge on any atom is -0.342 e. The van der Waals surface area contributed by atoms with Crippen molar-refractivity contribution < 1.29 is 14.8 Å². The van der Waals surface area contributed by atoms with Gasteiger partial charge in [0.1, 0.15) is 0 Å². The van der Waals surface area contributed by atoms with Crippen molar-refractivity contribution in [2.75, 3.05) is 13.1 Å². The molecule has 0 aromatic heterocycles. The summed E-state index contributed by atoms with van der Waals surface area (Å²) in [4.78, 5) is 26.5. The van der Waals surface area contributed by atoms with Crippen LogP contribution in [0.5, 0.6) is 0 Å². The Morgan fingerprint density at radius 2 is 2.12 bits per heavy atom. The van der Waals surface area contributed by atoms with Gasteiger partial charge in [-0.05, 0) is 61.3 Å². The summed E-state index contributed by atoms with van der Waals surface area (Å²) in [7, 11) is 0. The van der Waals surface area contributed by atoms with Crippen LogP contribution in [-0.4, -0.2) is 35.0 Å². The highest BCUT2D eigenvalue weighted by atomic mass is 16.5. The van der Waals surface area contributed by atoms with E-state index in [-0.39, 0.29) is 5.41 Å². The van der Waals surface area contributed by atoms with Gasteiger partial charge in [0, 0.05) is 18.7 Å². The zero-order valence-electron chi connectivity index (χ0n) is 14.5. The van der Waals surface area contributed by atoms with Gasteiger partial charge in [-0.2, -0.15) is 0 Å². The van der Waals surface area contributed by atoms with Crippen molar-refractivity contribution in [3.63, 3.8) is 0 Å². The molecule has 2 N–H and O–H groups in total. The maximum absolute atomic E-state index is 13.0. The average molecular weight is 330 g/mol. The summed E-state index contributed by atoms with van der Waals surface area (Å²) < 4.78 is 0. The molecular weight excluding hydrogens is 304 g/mol. The summed E-state index contributed by atoms with van der Waals surface area (Å²) in [6.45, 7) is 6.10. The number of carbonyl (C=O) groups is 2. The normalized spacial score (nSPS) is 23.0. The Labute approximate surface area is 143 Å². The van der Waals surface area contributed by atoms with Crippen molar-refractivity contribution in [2.24, 2.45) is 11.3 Å². The van der Waals surface area contributed by atoms with E-state index in [1.807, 2.05) is 17.0 Å². The predicted octanol–water partition coefficient (Wildman–Crippen LogP) is 2.56. The van der Waals surface area contributed by atoms with E-state index in [9.17, 15) is 9.59 Å². The number of hydrogen-bond acceptors (Lipinski definition) is 3. The van der Waals surface area contributed by atoms with Crippen molar-refractivity contribution >= 4 is 11.8 Å². The zero-order valence-corrected chi connectivity index (χ0v) is 14.5. The Hall–Kier alpha value is -1.88. The summed E-state index contributed by atoms with van der Waals surface area (Å²) in [6.07, 6.45) is 4.41. The molecule has 24 heavy (non-hydrogen) atoms. The lowest BCUT2D eigenvalue weighted by atomic mass is 9.70. The molecule has 1 aromatic rings. The lowest BCUT2D eigenvalue weighted by Gasteiger charge is -2.33. The van der Waals surface area contributed by atoms with Crippen molar-refractivity contribution in [1.82, 2.24) is 10.4 Å². The predicted molar refractivity (Wildman–Crippen MR) is 90.8 cm³/mol. The smallest absolute Gasteiger partial charge is 0.274 e. The van der Waals surface area contributed by atoms with Gasteiger partial charge in [-0.25, -0.2) is 5.48 Å². The number of nitrogens with one attached hydrogen (secondary N) is 1. The Morgan fingerprint density at radius 3 is 2.83 bits per heavy atom. The van der Waals surface area contributed by atoms with E-state index in [2.05, 4.69) is 13.8 Å². The van der Waals surface area contributed by atoms with Gasteiger partial charge in [-0.3, -0.25) is 14.8 Å². The third kappa shape index (κ3) is 3.05. The second-order valence-corrected chi connectivity index (χ2v) is 7.61. The first-order valence-corrected chi connectivity index (χ1v) is 8.81. The fraction of sp³-hybridized carbons (Fsp3) is 0.579. The second-order valence-electron chi connectivity index (χ2n) is 7.61. The van der Waals surface area contributed by atoms with E-state index in [1.54, 1.807) is 11.5 Å². The minimum absolute atomic E-state index is 0.245. The first-order valence-electron chi connectivity index (χ1n) is 8.81. The average Bonchev–Trinajstić information content (AvgIpc) is 2.88. The molecule has 1 aromatic carbocycles. The Balaban J connectivity index is 1.75. The van der Waals surface area contributed by atoms with Crippen LogP contribution in [0.2, 0.25) is 0 Å². The molecule has 1 spiro atoms. The summed E-state index contributed by atoms with van der Waals surface area (Å²) in [5.41, 5.74) is 4.17. The summed E-state index contributed by atoms with van der Waals surface area (Å²) >= 11 is 0. The van der Waals surface area contributed by atoms with Gasteiger partial charge < -0.3 is 4.90 Å². The molecule has 2 aliphatic rings. The molecule has 0 radical (unpaired) electrons. The molecule has 1 aliphatic carbocycles. The monoisotopic (exact) mass is 330 g/mol. The van der Waals surface area contributed by atoms with Crippen LogP contribution in [0, 0.1) is 11.3 Å². The molecule has 2 amide bonds. The highest BCUT2D eigenvalue weighted by Crippen LogP contribution is 2.44. The molecule has 5 nitrogen and oxygen atoms in total. The fourth-order valence-corrected chi connectivity index (χ4v) is 3.98. The number of amides is 2. The van der Waals surface area contributed by atoms with E-state index in [0.717, 1.165) is 56.3 Å². The zero-order chi connectivity index (χ0) is 17.3. The summed E-state index contributed by atoms with van der Waals surface area (Å²) in [5.74, 6) is 0.429. The molecule has 1 unspecified atom stereocenters. The Bertz CT molecular complexity index is 656. The molecule has 1 saturated heterocycles. The number of rotatable bonds is 4. The first-order chi connectivity index (χ1) is 11.4. The molecule has 1 heterocycles. The van der Waals surface area contributed by atoms with E-state index in [1.165, 1.54) is 0 Å². The highest BCUT2D eigenvalue weighted by molar-refractivity contribution is 5.93. The van der Waals surface area contributed by atoms with Crippen LogP contribution in [-0.2, 0) is 17.6 Å². The maximum Gasteiger partial charge on any atom is 0.274 e. The lowest BCUT2D eigenvalue weighted by Crippen LogP contribution is -2.39. The van der Waals surface area contributed by atoms with E-state index in [4.69, 9.17) is 5.21 Å². The number of carbonyl (C=O) groups excluding carboxylic acids is 2. The molecule has 1 aliphatic heterocycles. The van der Waals surface area contributed by atoms with Crippen LogP contribution in [0.15, 0.2) is 18.2 Å². The van der Waals surface area contributed by atoms with Gasteiger partial charge in [-0.1, -0.05) is 19.9 Å². The van der Waals surface area contributed by atoms with Crippen LogP contribution in [0.3, 0.4) is 0 Å². The van der Waals surface area contributed by atoms with Gasteiger partial charge >= 0.3 is 0 Å². The first kappa shape index (κ1) is 17.0. The number of nitrogens with zero attached hydrogens (tertiary/aromatic N) is 1. The highest BCUT2D eigenvalue weighted by Gasteiger charge is 2.47. The number of likely N-dealkylation sites (tertiary alicyclic amines) is 1. The SMILES string of the molecule is CC(C)CCN1CCC2(CCc3cc(C(=O)NO)ccc3C2)C1=O. The summed E-state index contributed by atoms with van der Waals surface area (Å²) in [6, 6.07) is 5.49. The van der Waals surface area contributed by atoms with Crippen LogP contribution in [0.1, 0.15) is 54.6 Å². The van der Waals surface area contributed by atoms with Crippen LogP contribution < -0.4 is 5.48 Å². The van der Waals surface area contributed by atoms with E-state index < -0.39 is 5.91 Å². The Morgan fingerprint density at radius 1 is 1.33 bits per heavy atom. The number of aryl methyl sites for hydroxylation is 1. The topological polar surface area (TPSA) is 69.6 Å². The van der Waals surface area contributed by atoms with Crippen LogP contribution in [0.4, 0.5) is 0 Å². The van der Waals surface area contributed by atoms with Crippen LogP contribution >= 0.6 is 0 Å². The van der Waals surface area contributed by atoms with Gasteiger partial charge in [0.2, 0.25) is 5.91 Å². The second kappa shape index (κ2) is 6.55. The third-order valence-corrected chi connectivity index (χ3v) is 5.55. The van der Waals surface area contributed by atoms with Crippen molar-refractivity contribution in [2.45, 2.75) is 46.0 Å². The molecule has 5 heteroatoms. The lowest BCUT2D eigenvalue weighted by molar-refractivity contribution is -0.136. The number of hydroxylamine groups is 1. The molecule has 130 valence electrons. The van der Waals surface area contributed by atoms with Gasteiger partial charge in [0.05, 0.1) is 5.41 Å². The maximum atomic E-state index is 13.0.